The maximum atomic E-state index is 3.94. The zero-order chi connectivity index (χ0) is 32.9. The van der Waals surface area contributed by atoms with E-state index in [1.165, 1.54) is 154 Å². The fraction of sp³-hybridized carbons (Fsp3) is 0.810. The van der Waals surface area contributed by atoms with Crippen molar-refractivity contribution in [3.05, 3.63) is 48.6 Å². The molecule has 0 rings (SSSR count). The molecule has 0 fully saturated rings. The molecule has 0 unspecified atom stereocenters. The smallest absolute Gasteiger partial charge is 0.0685 e. The summed E-state index contributed by atoms with van der Waals surface area (Å²) < 4.78 is 0. The third-order valence-corrected chi connectivity index (χ3v) is 9.11. The third-order valence-electron chi connectivity index (χ3n) is 9.11. The molecule has 0 radical (unpaired) electrons. The maximum absolute atomic E-state index is 3.94. The molecular formula is C42H83N3. The largest absolute Gasteiger partial charge is 0.308 e. The second-order valence-electron chi connectivity index (χ2n) is 13.7. The summed E-state index contributed by atoms with van der Waals surface area (Å²) in [7, 11) is 6.52. The quantitative estimate of drug-likeness (QED) is 0.0415. The topological polar surface area (TPSA) is 27.3 Å². The predicted molar refractivity (Wildman–Crippen MR) is 208 cm³/mol. The lowest BCUT2D eigenvalue weighted by Gasteiger charge is -2.36. The molecule has 2 N–H and O–H groups in total. The van der Waals surface area contributed by atoms with Gasteiger partial charge in [0.25, 0.3) is 0 Å². The number of unbranched alkanes of at least 4 members (excludes halogenated alkanes) is 18. The highest BCUT2D eigenvalue weighted by atomic mass is 15.2. The van der Waals surface area contributed by atoms with E-state index < -0.39 is 0 Å². The normalized spacial score (nSPS) is 12.8. The summed E-state index contributed by atoms with van der Waals surface area (Å²) in [6.45, 7) is 6.69. The molecule has 0 aromatic rings. The molecule has 0 aromatic heterocycles. The monoisotopic (exact) mass is 630 g/mol. The summed E-state index contributed by atoms with van der Waals surface area (Å²) in [5.74, 6) is 0. The number of nitrogens with one attached hydrogen (secondary N) is 2. The molecule has 45 heavy (non-hydrogen) atoms. The molecule has 0 spiro atoms. The fourth-order valence-electron chi connectivity index (χ4n) is 5.99. The molecule has 0 aliphatic carbocycles. The van der Waals surface area contributed by atoms with Gasteiger partial charge in [-0.1, -0.05) is 152 Å². The second-order valence-corrected chi connectivity index (χ2v) is 13.7. The van der Waals surface area contributed by atoms with Gasteiger partial charge in [0.1, 0.15) is 0 Å². The van der Waals surface area contributed by atoms with E-state index in [4.69, 9.17) is 0 Å². The Kier molecular flexibility index (Phi) is 34.8. The molecule has 0 atom stereocenters. The molecule has 266 valence electrons. The Balaban J connectivity index is 0. The van der Waals surface area contributed by atoms with Gasteiger partial charge in [-0.2, -0.15) is 0 Å². The summed E-state index contributed by atoms with van der Waals surface area (Å²) in [5, 5.41) is 7.68. The van der Waals surface area contributed by atoms with Crippen molar-refractivity contribution in [3.8, 4) is 0 Å². The van der Waals surface area contributed by atoms with Crippen molar-refractivity contribution < 1.29 is 1.43 Å². The Labute approximate surface area is 285 Å². The molecule has 3 heteroatoms. The van der Waals surface area contributed by atoms with Gasteiger partial charge in [0.15, 0.2) is 0 Å². The van der Waals surface area contributed by atoms with Crippen molar-refractivity contribution in [3.63, 3.8) is 0 Å². The van der Waals surface area contributed by atoms with Crippen LogP contribution in [0.25, 0.3) is 0 Å². The summed E-state index contributed by atoms with van der Waals surface area (Å²) >= 11 is 0. The van der Waals surface area contributed by atoms with E-state index in [0.29, 0.717) is 0 Å². The van der Waals surface area contributed by atoms with Crippen molar-refractivity contribution in [1.29, 1.82) is 0 Å². The van der Waals surface area contributed by atoms with Crippen molar-refractivity contribution in [2.75, 3.05) is 34.2 Å². The molecule has 0 amide bonds. The van der Waals surface area contributed by atoms with Crippen LogP contribution in [0.15, 0.2) is 48.6 Å². The Morgan fingerprint density at radius 2 is 0.844 bits per heavy atom. The minimum absolute atomic E-state index is 0. The average molecular weight is 630 g/mol. The van der Waals surface area contributed by atoms with Crippen LogP contribution in [-0.2, 0) is 0 Å². The van der Waals surface area contributed by atoms with E-state index in [9.17, 15) is 0 Å². The number of rotatable bonds is 35. The highest BCUT2D eigenvalue weighted by Gasteiger charge is 2.26. The van der Waals surface area contributed by atoms with Gasteiger partial charge in [-0.25, -0.2) is 0 Å². The number of hydrogen-bond acceptors (Lipinski definition) is 3. The highest BCUT2D eigenvalue weighted by Crippen LogP contribution is 2.21. The Bertz CT molecular complexity index is 649. The van der Waals surface area contributed by atoms with E-state index >= 15 is 0 Å². The van der Waals surface area contributed by atoms with E-state index in [1.54, 1.807) is 0 Å². The minimum Gasteiger partial charge on any atom is -0.308 e. The first kappa shape index (κ1) is 43.8. The van der Waals surface area contributed by atoms with Crippen molar-refractivity contribution >= 4 is 0 Å². The first-order valence-corrected chi connectivity index (χ1v) is 19.8. The highest BCUT2D eigenvalue weighted by molar-refractivity contribution is 4.93. The first-order valence-electron chi connectivity index (χ1n) is 19.8. The van der Waals surface area contributed by atoms with E-state index in [0.717, 1.165) is 25.9 Å². The zero-order valence-electron chi connectivity index (χ0n) is 31.4. The molecule has 0 saturated carbocycles. The zero-order valence-corrected chi connectivity index (χ0v) is 31.4. The number of likely N-dealkylation sites (N-methyl/N-ethyl adjacent to an activating group) is 1. The molecule has 0 aromatic carbocycles. The van der Waals surface area contributed by atoms with Gasteiger partial charge in [-0.05, 0) is 98.2 Å². The Morgan fingerprint density at radius 3 is 1.20 bits per heavy atom. The Morgan fingerprint density at radius 1 is 0.489 bits per heavy atom. The third kappa shape index (κ3) is 32.6. The molecule has 3 nitrogen and oxygen atoms in total. The number of nitrogens with zero attached hydrogens (tertiary/aromatic N) is 1. The standard InChI is InChI=1S/C42H81N3.H2/c1-6-8-10-12-14-16-18-20-22-24-26-28-30-32-34-36-38-42(43-3,44-40-41-45(4)5)39-37-35-33-31-29-27-25-23-21-19-17-15-13-11-9-7-2;/h14-17,20-23,43-44H,6-13,18-19,24-41H2,1-5H3;1H/b16-14-,17-15-,22-20-,23-21-;. The summed E-state index contributed by atoms with van der Waals surface area (Å²) in [6.07, 6.45) is 53.0. The van der Waals surface area contributed by atoms with Gasteiger partial charge in [0, 0.05) is 14.5 Å². The van der Waals surface area contributed by atoms with Gasteiger partial charge in [0.2, 0.25) is 0 Å². The van der Waals surface area contributed by atoms with Crippen LogP contribution in [-0.4, -0.2) is 44.8 Å². The SMILES string of the molecule is CCCCC/C=C\C/C=C\CCCCCCCCC(CCCCCCCC/C=C\C/C=C\CCCCC)(NC)NCCN(C)C.[HH]. The van der Waals surface area contributed by atoms with Gasteiger partial charge in [-0.15, -0.1) is 0 Å². The van der Waals surface area contributed by atoms with Gasteiger partial charge < -0.3 is 10.2 Å². The fourth-order valence-corrected chi connectivity index (χ4v) is 5.99. The summed E-state index contributed by atoms with van der Waals surface area (Å²) in [6, 6.07) is 0. The molecule has 0 aliphatic rings. The lowest BCUT2D eigenvalue weighted by Crippen LogP contribution is -2.56. The van der Waals surface area contributed by atoms with E-state index in [1.807, 2.05) is 0 Å². The van der Waals surface area contributed by atoms with Crippen LogP contribution in [0.3, 0.4) is 0 Å². The van der Waals surface area contributed by atoms with Crippen LogP contribution in [0.2, 0.25) is 0 Å². The molecule has 0 bridgehead atoms. The molecule has 0 heterocycles. The molecule has 0 aliphatic heterocycles. The molecular weight excluding hydrogens is 546 g/mol. The van der Waals surface area contributed by atoms with E-state index in [-0.39, 0.29) is 7.09 Å². The number of allylic oxidation sites excluding steroid dienone is 8. The summed E-state index contributed by atoms with van der Waals surface area (Å²) in [5.41, 5.74) is 0.0977. The maximum Gasteiger partial charge on any atom is 0.0685 e. The van der Waals surface area contributed by atoms with Gasteiger partial charge in [0.05, 0.1) is 5.66 Å². The Hall–Kier alpha value is -1.16. The summed E-state index contributed by atoms with van der Waals surface area (Å²) in [4.78, 5) is 2.29. The van der Waals surface area contributed by atoms with Crippen molar-refractivity contribution in [2.24, 2.45) is 0 Å². The van der Waals surface area contributed by atoms with Crippen LogP contribution >= 0.6 is 0 Å². The minimum atomic E-state index is 0. The number of hydrogen-bond donors (Lipinski definition) is 2. The van der Waals surface area contributed by atoms with E-state index in [2.05, 4.69) is 99.1 Å². The van der Waals surface area contributed by atoms with Crippen LogP contribution in [0.5, 0.6) is 0 Å². The van der Waals surface area contributed by atoms with Crippen molar-refractivity contribution in [1.82, 2.24) is 15.5 Å². The molecule has 0 saturated heterocycles. The van der Waals surface area contributed by atoms with Crippen LogP contribution in [0.1, 0.15) is 182 Å². The first-order chi connectivity index (χ1) is 22.1. The van der Waals surface area contributed by atoms with Gasteiger partial charge >= 0.3 is 0 Å². The lowest BCUT2D eigenvalue weighted by atomic mass is 9.93. The van der Waals surface area contributed by atoms with Crippen LogP contribution in [0.4, 0.5) is 0 Å². The van der Waals surface area contributed by atoms with Crippen LogP contribution < -0.4 is 10.6 Å². The predicted octanol–water partition coefficient (Wildman–Crippen LogP) is 12.7. The lowest BCUT2D eigenvalue weighted by molar-refractivity contribution is 0.212. The van der Waals surface area contributed by atoms with Crippen LogP contribution in [0, 0.1) is 0 Å². The van der Waals surface area contributed by atoms with Crippen molar-refractivity contribution in [2.45, 2.75) is 186 Å². The van der Waals surface area contributed by atoms with Gasteiger partial charge in [-0.3, -0.25) is 5.32 Å². The average Bonchev–Trinajstić information content (AvgIpc) is 3.03. The second kappa shape index (κ2) is 35.7.